The van der Waals surface area contributed by atoms with Crippen molar-refractivity contribution in [3.8, 4) is 5.75 Å². The first-order chi connectivity index (χ1) is 10.8. The zero-order chi connectivity index (χ0) is 17.0. The van der Waals surface area contributed by atoms with Crippen LogP contribution < -0.4 is 4.74 Å². The summed E-state index contributed by atoms with van der Waals surface area (Å²) >= 11 is 3.56. The van der Waals surface area contributed by atoms with Gasteiger partial charge in [0.15, 0.2) is 0 Å². The number of rotatable bonds is 6. The van der Waals surface area contributed by atoms with Gasteiger partial charge in [-0.3, -0.25) is 4.79 Å². The Morgan fingerprint density at radius 2 is 1.87 bits per heavy atom. The molecule has 3 nitrogen and oxygen atoms in total. The summed E-state index contributed by atoms with van der Waals surface area (Å²) in [5, 5.41) is 9.08. The molecule has 0 unspecified atom stereocenters. The molecular formula is C19H21BrO3. The second-order valence-corrected chi connectivity index (χ2v) is 7.19. The van der Waals surface area contributed by atoms with Crippen LogP contribution in [0.5, 0.6) is 5.75 Å². The molecule has 0 atom stereocenters. The number of ether oxygens (including phenoxy) is 1. The average Bonchev–Trinajstić information content (AvgIpc) is 2.46. The van der Waals surface area contributed by atoms with Crippen molar-refractivity contribution in [1.29, 1.82) is 0 Å². The van der Waals surface area contributed by atoms with Gasteiger partial charge in [-0.1, -0.05) is 50.2 Å². The lowest BCUT2D eigenvalue weighted by atomic mass is 9.81. The molecule has 0 heterocycles. The maximum absolute atomic E-state index is 11.0. The van der Waals surface area contributed by atoms with Crippen molar-refractivity contribution in [2.45, 2.75) is 39.2 Å². The predicted octanol–water partition coefficient (Wildman–Crippen LogP) is 5.09. The van der Waals surface area contributed by atoms with Gasteiger partial charge < -0.3 is 9.84 Å². The molecule has 23 heavy (non-hydrogen) atoms. The Bertz CT molecular complexity index is 670. The van der Waals surface area contributed by atoms with E-state index in [4.69, 9.17) is 9.84 Å². The van der Waals surface area contributed by atoms with Gasteiger partial charge in [-0.15, -0.1) is 0 Å². The lowest BCUT2D eigenvalue weighted by molar-refractivity contribution is -0.138. The quantitative estimate of drug-likeness (QED) is 0.763. The monoisotopic (exact) mass is 376 g/mol. The van der Waals surface area contributed by atoms with Gasteiger partial charge >= 0.3 is 5.97 Å². The topological polar surface area (TPSA) is 46.5 Å². The second kappa shape index (κ2) is 7.18. The molecule has 0 radical (unpaired) electrons. The molecule has 0 spiro atoms. The van der Waals surface area contributed by atoms with Gasteiger partial charge in [0.25, 0.3) is 0 Å². The Labute approximate surface area is 145 Å². The van der Waals surface area contributed by atoms with E-state index < -0.39 is 11.4 Å². The SMILES string of the molecule is Cc1cc(C(C)(C)CC(=O)O)cc(Br)c1OCc1ccccc1. The van der Waals surface area contributed by atoms with Gasteiger partial charge in [0, 0.05) is 5.41 Å². The van der Waals surface area contributed by atoms with Crippen molar-refractivity contribution in [3.05, 3.63) is 63.6 Å². The van der Waals surface area contributed by atoms with Crippen LogP contribution in [0, 0.1) is 6.92 Å². The van der Waals surface area contributed by atoms with Crippen LogP contribution in [-0.4, -0.2) is 11.1 Å². The van der Waals surface area contributed by atoms with E-state index in [0.717, 1.165) is 26.9 Å². The molecule has 1 N–H and O–H groups in total. The maximum Gasteiger partial charge on any atom is 0.304 e. The molecule has 0 bridgehead atoms. The van der Waals surface area contributed by atoms with Gasteiger partial charge in [-0.05, 0) is 45.6 Å². The van der Waals surface area contributed by atoms with E-state index in [-0.39, 0.29) is 6.42 Å². The van der Waals surface area contributed by atoms with Gasteiger partial charge in [-0.25, -0.2) is 0 Å². The zero-order valence-electron chi connectivity index (χ0n) is 13.6. The minimum atomic E-state index is -0.798. The lowest BCUT2D eigenvalue weighted by Crippen LogP contribution is -2.22. The summed E-state index contributed by atoms with van der Waals surface area (Å²) in [5.74, 6) is -0.00286. The van der Waals surface area contributed by atoms with E-state index in [0.29, 0.717) is 6.61 Å². The van der Waals surface area contributed by atoms with E-state index in [1.54, 1.807) is 0 Å². The number of carbonyl (C=O) groups is 1. The maximum atomic E-state index is 11.0. The van der Waals surface area contributed by atoms with Crippen LogP contribution in [-0.2, 0) is 16.8 Å². The summed E-state index contributed by atoms with van der Waals surface area (Å²) in [5.41, 5.74) is 2.64. The van der Waals surface area contributed by atoms with E-state index in [1.165, 1.54) is 0 Å². The van der Waals surface area contributed by atoms with Gasteiger partial charge in [0.2, 0.25) is 0 Å². The number of halogens is 1. The van der Waals surface area contributed by atoms with Crippen molar-refractivity contribution in [3.63, 3.8) is 0 Å². The number of aryl methyl sites for hydroxylation is 1. The Morgan fingerprint density at radius 3 is 2.43 bits per heavy atom. The molecule has 2 rings (SSSR count). The molecule has 0 aromatic heterocycles. The zero-order valence-corrected chi connectivity index (χ0v) is 15.2. The third-order valence-corrected chi connectivity index (χ3v) is 4.42. The molecule has 0 saturated carbocycles. The predicted molar refractivity (Wildman–Crippen MR) is 94.9 cm³/mol. The highest BCUT2D eigenvalue weighted by Crippen LogP contribution is 2.36. The minimum Gasteiger partial charge on any atom is -0.487 e. The van der Waals surface area contributed by atoms with Crippen molar-refractivity contribution in [1.82, 2.24) is 0 Å². The summed E-state index contributed by atoms with van der Waals surface area (Å²) in [6.07, 6.45) is 0.0864. The Morgan fingerprint density at radius 1 is 1.22 bits per heavy atom. The summed E-state index contributed by atoms with van der Waals surface area (Å²) in [7, 11) is 0. The van der Waals surface area contributed by atoms with E-state index in [9.17, 15) is 4.79 Å². The fraction of sp³-hybridized carbons (Fsp3) is 0.316. The van der Waals surface area contributed by atoms with Crippen LogP contribution in [0.3, 0.4) is 0 Å². The van der Waals surface area contributed by atoms with Gasteiger partial charge in [0.05, 0.1) is 10.9 Å². The van der Waals surface area contributed by atoms with Crippen LogP contribution in [0.15, 0.2) is 46.9 Å². The fourth-order valence-corrected chi connectivity index (χ4v) is 3.19. The molecule has 0 saturated heterocycles. The molecule has 4 heteroatoms. The van der Waals surface area contributed by atoms with Gasteiger partial charge in [0.1, 0.15) is 12.4 Å². The third-order valence-electron chi connectivity index (χ3n) is 3.83. The summed E-state index contributed by atoms with van der Waals surface area (Å²) < 4.78 is 6.79. The number of benzene rings is 2. The second-order valence-electron chi connectivity index (χ2n) is 6.33. The first-order valence-electron chi connectivity index (χ1n) is 7.49. The Balaban J connectivity index is 2.22. The molecule has 0 fully saturated rings. The summed E-state index contributed by atoms with van der Waals surface area (Å²) in [6.45, 7) is 6.35. The normalized spacial score (nSPS) is 11.3. The Kier molecular flexibility index (Phi) is 5.47. The van der Waals surface area contributed by atoms with Crippen LogP contribution in [0.25, 0.3) is 0 Å². The number of hydrogen-bond acceptors (Lipinski definition) is 2. The molecular weight excluding hydrogens is 356 g/mol. The first-order valence-corrected chi connectivity index (χ1v) is 8.28. The lowest BCUT2D eigenvalue weighted by Gasteiger charge is -2.25. The van der Waals surface area contributed by atoms with Crippen molar-refractivity contribution in [2.75, 3.05) is 0 Å². The number of hydrogen-bond donors (Lipinski definition) is 1. The van der Waals surface area contributed by atoms with E-state index in [1.807, 2.05) is 63.2 Å². The summed E-state index contributed by atoms with van der Waals surface area (Å²) in [4.78, 5) is 11.0. The van der Waals surface area contributed by atoms with Crippen LogP contribution in [0.1, 0.15) is 37.0 Å². The fourth-order valence-electron chi connectivity index (χ4n) is 2.51. The summed E-state index contributed by atoms with van der Waals surface area (Å²) in [6, 6.07) is 14.0. The van der Waals surface area contributed by atoms with E-state index >= 15 is 0 Å². The molecule has 122 valence electrons. The first kappa shape index (κ1) is 17.5. The Hall–Kier alpha value is -1.81. The molecule has 0 aliphatic carbocycles. The van der Waals surface area contributed by atoms with Crippen LogP contribution in [0.4, 0.5) is 0 Å². The minimum absolute atomic E-state index is 0.0864. The van der Waals surface area contributed by atoms with E-state index in [2.05, 4.69) is 15.9 Å². The van der Waals surface area contributed by atoms with Crippen LogP contribution in [0.2, 0.25) is 0 Å². The average molecular weight is 377 g/mol. The highest BCUT2D eigenvalue weighted by atomic mass is 79.9. The van der Waals surface area contributed by atoms with Gasteiger partial charge in [-0.2, -0.15) is 0 Å². The van der Waals surface area contributed by atoms with Crippen molar-refractivity contribution >= 4 is 21.9 Å². The third kappa shape index (κ3) is 4.58. The highest BCUT2D eigenvalue weighted by molar-refractivity contribution is 9.10. The van der Waals surface area contributed by atoms with Crippen molar-refractivity contribution in [2.24, 2.45) is 0 Å². The highest BCUT2D eigenvalue weighted by Gasteiger charge is 2.25. The number of carboxylic acids is 1. The number of carboxylic acid groups (broad SMARTS) is 1. The molecule has 2 aromatic carbocycles. The molecule has 0 amide bonds. The number of aliphatic carboxylic acids is 1. The standard InChI is InChI=1S/C19H21BrO3/c1-13-9-15(19(2,3)11-17(21)22)10-16(20)18(13)23-12-14-7-5-4-6-8-14/h4-10H,11-12H2,1-3H3,(H,21,22). The smallest absolute Gasteiger partial charge is 0.304 e. The molecule has 0 aliphatic rings. The van der Waals surface area contributed by atoms with Crippen LogP contribution >= 0.6 is 15.9 Å². The molecule has 2 aromatic rings. The molecule has 0 aliphatic heterocycles. The van der Waals surface area contributed by atoms with Crippen molar-refractivity contribution < 1.29 is 14.6 Å². The largest absolute Gasteiger partial charge is 0.487 e.